The Bertz CT molecular complexity index is 752. The van der Waals surface area contributed by atoms with Crippen LogP contribution in [0, 0.1) is 0 Å². The van der Waals surface area contributed by atoms with Crippen LogP contribution in [-0.4, -0.2) is 24.0 Å². The van der Waals surface area contributed by atoms with E-state index in [4.69, 9.17) is 4.74 Å². The second kappa shape index (κ2) is 6.43. The summed E-state index contributed by atoms with van der Waals surface area (Å²) < 4.78 is 6.12. The number of carbonyl (C=O) groups is 1. The number of amides is 1. The number of hydrogen-bond donors (Lipinski definition) is 2. The van der Waals surface area contributed by atoms with Gasteiger partial charge in [-0.05, 0) is 43.4 Å². The molecule has 1 fully saturated rings. The summed E-state index contributed by atoms with van der Waals surface area (Å²) in [4.78, 5) is 17.6. The zero-order valence-electron chi connectivity index (χ0n) is 13.7. The number of carbonyl (C=O) groups excluding carboxylic acids is 1. The van der Waals surface area contributed by atoms with E-state index >= 15 is 0 Å². The molecular weight excluding hydrogens is 322 g/mol. The summed E-state index contributed by atoms with van der Waals surface area (Å²) in [5.41, 5.74) is 1.12. The Hall–Kier alpha value is -2.08. The van der Waals surface area contributed by atoms with Crippen molar-refractivity contribution in [3.63, 3.8) is 0 Å². The van der Waals surface area contributed by atoms with Crippen molar-refractivity contribution in [2.45, 2.75) is 44.1 Å². The van der Waals surface area contributed by atoms with Crippen molar-refractivity contribution in [3.05, 3.63) is 34.7 Å². The Morgan fingerprint density at radius 1 is 1.33 bits per heavy atom. The number of fused-ring (bicyclic) bond motifs is 1. The van der Waals surface area contributed by atoms with E-state index in [0.29, 0.717) is 18.3 Å². The summed E-state index contributed by atoms with van der Waals surface area (Å²) in [7, 11) is 1.84. The third kappa shape index (κ3) is 2.98. The van der Waals surface area contributed by atoms with Crippen LogP contribution in [0.4, 0.5) is 10.9 Å². The Kier molecular flexibility index (Phi) is 4.14. The highest BCUT2D eigenvalue weighted by atomic mass is 32.1. The zero-order chi connectivity index (χ0) is 16.5. The van der Waals surface area contributed by atoms with Gasteiger partial charge in [0.25, 0.3) is 0 Å². The van der Waals surface area contributed by atoms with Gasteiger partial charge in [0.1, 0.15) is 11.6 Å². The summed E-state index contributed by atoms with van der Waals surface area (Å²) >= 11 is 1.60. The summed E-state index contributed by atoms with van der Waals surface area (Å²) in [5, 5.41) is 6.76. The maximum atomic E-state index is 12.1. The summed E-state index contributed by atoms with van der Waals surface area (Å²) in [6.07, 6.45) is 5.57. The number of ether oxygens (including phenoxy) is 1. The quantitative estimate of drug-likeness (QED) is 0.881. The molecule has 6 heteroatoms. The predicted molar refractivity (Wildman–Crippen MR) is 96.1 cm³/mol. The topological polar surface area (TPSA) is 63.3 Å². The van der Waals surface area contributed by atoms with Gasteiger partial charge < -0.3 is 15.4 Å². The van der Waals surface area contributed by atoms with Crippen molar-refractivity contribution in [1.29, 1.82) is 0 Å². The fourth-order valence-electron chi connectivity index (χ4n) is 3.50. The number of rotatable bonds is 4. The third-order valence-electron chi connectivity index (χ3n) is 4.70. The van der Waals surface area contributed by atoms with Crippen LogP contribution in [0.5, 0.6) is 5.75 Å². The van der Waals surface area contributed by atoms with Gasteiger partial charge in [0.15, 0.2) is 5.13 Å². The molecule has 1 unspecified atom stereocenters. The Morgan fingerprint density at radius 2 is 2.17 bits per heavy atom. The minimum atomic E-state index is 0.0163. The molecule has 0 bridgehead atoms. The normalized spacial score (nSPS) is 20.5. The number of thiazole rings is 1. The number of hydrogen-bond acceptors (Lipinski definition) is 5. The first-order valence-corrected chi connectivity index (χ1v) is 9.29. The molecule has 2 heterocycles. The molecule has 2 N–H and O–H groups in total. The third-order valence-corrected chi connectivity index (χ3v) is 5.88. The highest BCUT2D eigenvalue weighted by molar-refractivity contribution is 7.16. The first-order valence-electron chi connectivity index (χ1n) is 8.48. The van der Waals surface area contributed by atoms with Crippen LogP contribution in [0.15, 0.2) is 24.3 Å². The van der Waals surface area contributed by atoms with E-state index < -0.39 is 0 Å². The average molecular weight is 343 g/mol. The number of nitrogens with zero attached hydrogens (tertiary/aromatic N) is 1. The smallest absolute Gasteiger partial charge is 0.226 e. The molecule has 24 heavy (non-hydrogen) atoms. The van der Waals surface area contributed by atoms with Crippen LogP contribution in [-0.2, 0) is 4.79 Å². The summed E-state index contributed by atoms with van der Waals surface area (Å²) in [5.74, 6) is 1.65. The van der Waals surface area contributed by atoms with Crippen molar-refractivity contribution >= 4 is 28.2 Å². The Balaban J connectivity index is 1.63. The molecule has 5 nitrogen and oxygen atoms in total. The highest BCUT2D eigenvalue weighted by Crippen LogP contribution is 2.42. The lowest BCUT2D eigenvalue weighted by atomic mass is 9.91. The lowest BCUT2D eigenvalue weighted by molar-refractivity contribution is -0.116. The van der Waals surface area contributed by atoms with E-state index in [9.17, 15) is 4.79 Å². The first kappa shape index (κ1) is 15.4. The number of aromatic nitrogens is 1. The molecule has 1 aromatic carbocycles. The second-order valence-corrected chi connectivity index (χ2v) is 7.41. The van der Waals surface area contributed by atoms with Crippen LogP contribution in [0.25, 0.3) is 0 Å². The maximum absolute atomic E-state index is 12.1. The molecule has 1 saturated carbocycles. The van der Waals surface area contributed by atoms with Crippen molar-refractivity contribution in [2.75, 3.05) is 17.7 Å². The lowest BCUT2D eigenvalue weighted by Crippen LogP contribution is -2.22. The van der Waals surface area contributed by atoms with Gasteiger partial charge >= 0.3 is 0 Å². The van der Waals surface area contributed by atoms with Crippen molar-refractivity contribution < 1.29 is 9.53 Å². The molecule has 1 aliphatic heterocycles. The lowest BCUT2D eigenvalue weighted by Gasteiger charge is -2.22. The molecule has 0 saturated heterocycles. The molecule has 0 radical (unpaired) electrons. The number of nitrogens with one attached hydrogen (secondary N) is 2. The predicted octanol–water partition coefficient (Wildman–Crippen LogP) is 3.98. The van der Waals surface area contributed by atoms with Gasteiger partial charge in [-0.2, -0.15) is 0 Å². The van der Waals surface area contributed by atoms with Crippen LogP contribution in [0.2, 0.25) is 0 Å². The Morgan fingerprint density at radius 3 is 2.96 bits per heavy atom. The van der Waals surface area contributed by atoms with E-state index in [0.717, 1.165) is 34.2 Å². The first-order chi connectivity index (χ1) is 11.7. The molecule has 0 spiro atoms. The zero-order valence-corrected chi connectivity index (χ0v) is 14.5. The minimum Gasteiger partial charge on any atom is -0.490 e. The van der Waals surface area contributed by atoms with Crippen LogP contribution in [0.1, 0.15) is 48.5 Å². The van der Waals surface area contributed by atoms with Gasteiger partial charge in [-0.15, -0.1) is 0 Å². The minimum absolute atomic E-state index is 0.0163. The number of anilines is 2. The molecule has 2 aliphatic rings. The molecular formula is C18H21N3O2S. The molecule has 2 aromatic rings. The van der Waals surface area contributed by atoms with Crippen molar-refractivity contribution in [1.82, 2.24) is 4.98 Å². The fourth-order valence-corrected chi connectivity index (χ4v) is 4.50. The van der Waals surface area contributed by atoms with E-state index in [1.165, 1.54) is 12.8 Å². The van der Waals surface area contributed by atoms with E-state index in [-0.39, 0.29) is 11.8 Å². The van der Waals surface area contributed by atoms with Gasteiger partial charge in [0.2, 0.25) is 5.91 Å². The van der Waals surface area contributed by atoms with E-state index in [1.54, 1.807) is 11.3 Å². The molecule has 1 aromatic heterocycles. The van der Waals surface area contributed by atoms with Gasteiger partial charge in [-0.1, -0.05) is 23.5 Å². The van der Waals surface area contributed by atoms with Gasteiger partial charge in [-0.3, -0.25) is 4.79 Å². The van der Waals surface area contributed by atoms with E-state index in [1.807, 2.05) is 19.2 Å². The standard InChI is InChI=1S/C18H21N3O2S/c1-19-18-21-17-16(24-18)14(10-15(22)20-17)11-5-4-8-13(9-11)23-12-6-2-3-7-12/h4-5,8-9,12,14H,2-3,6-7,10H2,1H3,(H,19,21)(H,20,22). The number of benzene rings is 1. The molecule has 1 aliphatic carbocycles. The van der Waals surface area contributed by atoms with Gasteiger partial charge in [0, 0.05) is 19.4 Å². The maximum Gasteiger partial charge on any atom is 0.226 e. The summed E-state index contributed by atoms with van der Waals surface area (Å²) in [6.45, 7) is 0. The van der Waals surface area contributed by atoms with Crippen LogP contribution in [0.3, 0.4) is 0 Å². The van der Waals surface area contributed by atoms with Gasteiger partial charge in [0.05, 0.1) is 11.0 Å². The monoisotopic (exact) mass is 343 g/mol. The second-order valence-electron chi connectivity index (χ2n) is 6.38. The van der Waals surface area contributed by atoms with Crippen LogP contribution >= 0.6 is 11.3 Å². The molecule has 1 amide bonds. The molecule has 4 rings (SSSR count). The average Bonchev–Trinajstić information content (AvgIpc) is 3.23. The van der Waals surface area contributed by atoms with Crippen LogP contribution < -0.4 is 15.4 Å². The van der Waals surface area contributed by atoms with E-state index in [2.05, 4.69) is 27.8 Å². The Labute approximate surface area is 145 Å². The largest absolute Gasteiger partial charge is 0.490 e. The van der Waals surface area contributed by atoms with Gasteiger partial charge in [-0.25, -0.2) is 4.98 Å². The fraction of sp³-hybridized carbons (Fsp3) is 0.444. The summed E-state index contributed by atoms with van der Waals surface area (Å²) in [6, 6.07) is 8.20. The van der Waals surface area contributed by atoms with Crippen molar-refractivity contribution in [2.24, 2.45) is 0 Å². The highest BCUT2D eigenvalue weighted by Gasteiger charge is 2.30. The molecule has 1 atom stereocenters. The van der Waals surface area contributed by atoms with Crippen molar-refractivity contribution in [3.8, 4) is 5.75 Å². The molecule has 126 valence electrons. The SMILES string of the molecule is CNc1nc2c(s1)C(c1cccc(OC3CCCC3)c1)CC(=O)N2.